The lowest BCUT2D eigenvalue weighted by Gasteiger charge is -2.12. The van der Waals surface area contributed by atoms with E-state index in [9.17, 15) is 30.4 Å². The molecule has 3 rings (SSSR count). The van der Waals surface area contributed by atoms with Gasteiger partial charge in [-0.3, -0.25) is 0 Å². The van der Waals surface area contributed by atoms with Crippen molar-refractivity contribution in [3.8, 4) is 22.7 Å². The number of halogens is 6. The Morgan fingerprint density at radius 2 is 1.73 bits per heavy atom. The second-order valence-electron chi connectivity index (χ2n) is 6.18. The average molecular weight is 467 g/mol. The van der Waals surface area contributed by atoms with E-state index in [1.165, 1.54) is 25.3 Å². The maximum absolute atomic E-state index is 14.6. The van der Waals surface area contributed by atoms with Crippen LogP contribution in [0.5, 0.6) is 5.75 Å². The van der Waals surface area contributed by atoms with Crippen LogP contribution in [0.1, 0.15) is 5.69 Å². The van der Waals surface area contributed by atoms with Crippen molar-refractivity contribution in [2.45, 2.75) is 11.1 Å². The standard InChI is InChI=1S/C18H12ClF5N2O3S/c1-29-15-5-9(3-4-10(15)19)13-8-17(18(22,23)24)25-26(13)14-6-12(21)16(7-11(14)20)30(2,27)28/h3-8H,1-2H3. The van der Waals surface area contributed by atoms with Gasteiger partial charge in [0.2, 0.25) is 0 Å². The highest BCUT2D eigenvalue weighted by molar-refractivity contribution is 7.90. The summed E-state index contributed by atoms with van der Waals surface area (Å²) in [6.07, 6.45) is -4.20. The molecule has 12 heteroatoms. The fourth-order valence-corrected chi connectivity index (χ4v) is 3.62. The smallest absolute Gasteiger partial charge is 0.435 e. The summed E-state index contributed by atoms with van der Waals surface area (Å²) in [5.74, 6) is -2.48. The fraction of sp³-hybridized carbons (Fsp3) is 0.167. The third-order valence-electron chi connectivity index (χ3n) is 4.08. The van der Waals surface area contributed by atoms with E-state index in [1.807, 2.05) is 0 Å². The highest BCUT2D eigenvalue weighted by Gasteiger charge is 2.36. The van der Waals surface area contributed by atoms with Crippen molar-refractivity contribution in [3.05, 3.63) is 58.7 Å². The van der Waals surface area contributed by atoms with E-state index >= 15 is 0 Å². The molecule has 0 amide bonds. The zero-order valence-corrected chi connectivity index (χ0v) is 16.8. The molecule has 0 N–H and O–H groups in total. The number of aromatic nitrogens is 2. The van der Waals surface area contributed by atoms with Gasteiger partial charge in [0.25, 0.3) is 0 Å². The van der Waals surface area contributed by atoms with Crippen molar-refractivity contribution in [1.29, 1.82) is 0 Å². The van der Waals surface area contributed by atoms with Crippen molar-refractivity contribution < 1.29 is 35.1 Å². The number of sulfone groups is 1. The van der Waals surface area contributed by atoms with E-state index in [-0.39, 0.29) is 22.0 Å². The molecule has 0 unspecified atom stereocenters. The molecule has 0 fully saturated rings. The Morgan fingerprint density at radius 3 is 2.30 bits per heavy atom. The van der Waals surface area contributed by atoms with Gasteiger partial charge in [0.15, 0.2) is 15.5 Å². The molecule has 0 radical (unpaired) electrons. The Bertz CT molecular complexity index is 1240. The molecule has 30 heavy (non-hydrogen) atoms. The van der Waals surface area contributed by atoms with E-state index in [4.69, 9.17) is 16.3 Å². The van der Waals surface area contributed by atoms with Crippen molar-refractivity contribution in [2.75, 3.05) is 13.4 Å². The molecule has 160 valence electrons. The van der Waals surface area contributed by atoms with Crippen LogP contribution in [0.2, 0.25) is 5.02 Å². The molecule has 5 nitrogen and oxygen atoms in total. The lowest BCUT2D eigenvalue weighted by Crippen LogP contribution is -2.10. The van der Waals surface area contributed by atoms with E-state index in [0.29, 0.717) is 29.1 Å². The summed E-state index contributed by atoms with van der Waals surface area (Å²) in [7, 11) is -2.81. The first kappa shape index (κ1) is 22.0. The summed E-state index contributed by atoms with van der Waals surface area (Å²) < 4.78 is 97.4. The molecule has 0 saturated carbocycles. The third-order valence-corrected chi connectivity index (χ3v) is 5.50. The van der Waals surface area contributed by atoms with E-state index in [2.05, 4.69) is 5.10 Å². The number of ether oxygens (including phenoxy) is 1. The zero-order valence-electron chi connectivity index (χ0n) is 15.3. The highest BCUT2D eigenvalue weighted by atomic mass is 35.5. The van der Waals surface area contributed by atoms with Gasteiger partial charge in [0, 0.05) is 17.9 Å². The normalized spacial score (nSPS) is 12.3. The molecule has 0 saturated heterocycles. The lowest BCUT2D eigenvalue weighted by molar-refractivity contribution is -0.141. The summed E-state index contributed by atoms with van der Waals surface area (Å²) >= 11 is 5.93. The largest absolute Gasteiger partial charge is 0.495 e. The number of nitrogens with zero attached hydrogens (tertiary/aromatic N) is 2. The molecular formula is C18H12ClF5N2O3S. The molecule has 0 bridgehead atoms. The van der Waals surface area contributed by atoms with Crippen molar-refractivity contribution in [1.82, 2.24) is 9.78 Å². The number of hydrogen-bond donors (Lipinski definition) is 0. The van der Waals surface area contributed by atoms with Crippen LogP contribution in [0.15, 0.2) is 41.3 Å². The van der Waals surface area contributed by atoms with Crippen molar-refractivity contribution in [2.24, 2.45) is 0 Å². The summed E-state index contributed by atoms with van der Waals surface area (Å²) in [6, 6.07) is 5.50. The molecule has 0 aliphatic rings. The predicted octanol–water partition coefficient (Wildman–Crippen LogP) is 4.90. The van der Waals surface area contributed by atoms with Crippen LogP contribution in [-0.2, 0) is 16.0 Å². The Hall–Kier alpha value is -2.66. The first-order valence-electron chi connectivity index (χ1n) is 8.03. The van der Waals surface area contributed by atoms with E-state index < -0.39 is 43.9 Å². The Labute approximate surface area is 172 Å². The van der Waals surface area contributed by atoms with Crippen molar-refractivity contribution >= 4 is 21.4 Å². The average Bonchev–Trinajstić information content (AvgIpc) is 3.08. The molecule has 0 spiro atoms. The maximum atomic E-state index is 14.6. The summed E-state index contributed by atoms with van der Waals surface area (Å²) in [5.41, 5.74) is -2.20. The first-order valence-corrected chi connectivity index (χ1v) is 10.3. The first-order chi connectivity index (χ1) is 13.8. The fourth-order valence-electron chi connectivity index (χ4n) is 2.69. The van der Waals surface area contributed by atoms with Gasteiger partial charge in [-0.25, -0.2) is 21.9 Å². The number of benzene rings is 2. The minimum Gasteiger partial charge on any atom is -0.495 e. The molecule has 1 aromatic heterocycles. The topological polar surface area (TPSA) is 61.2 Å². The molecular weight excluding hydrogens is 455 g/mol. The van der Waals surface area contributed by atoms with Gasteiger partial charge in [0.05, 0.1) is 17.8 Å². The summed E-state index contributed by atoms with van der Waals surface area (Å²) in [4.78, 5) is -0.929. The Balaban J connectivity index is 2.30. The Kier molecular flexibility index (Phi) is 5.54. The van der Waals surface area contributed by atoms with Crippen molar-refractivity contribution in [3.63, 3.8) is 0 Å². The van der Waals surface area contributed by atoms with Gasteiger partial charge < -0.3 is 4.74 Å². The third kappa shape index (κ3) is 4.12. The summed E-state index contributed by atoms with van der Waals surface area (Å²) in [5, 5.41) is 3.54. The predicted molar refractivity (Wildman–Crippen MR) is 98.6 cm³/mol. The van der Waals surface area contributed by atoms with Gasteiger partial charge in [-0.1, -0.05) is 17.7 Å². The second-order valence-corrected chi connectivity index (χ2v) is 8.57. The van der Waals surface area contributed by atoms with E-state index in [0.717, 1.165) is 0 Å². The Morgan fingerprint density at radius 1 is 1.07 bits per heavy atom. The molecule has 1 heterocycles. The van der Waals surface area contributed by atoms with Crippen LogP contribution in [0.4, 0.5) is 22.0 Å². The SMILES string of the molecule is COc1cc(-c2cc(C(F)(F)F)nn2-c2cc(F)c(S(C)(=O)=O)cc2F)ccc1Cl. The second kappa shape index (κ2) is 7.55. The van der Waals surface area contributed by atoms with Crippen LogP contribution >= 0.6 is 11.6 Å². The van der Waals surface area contributed by atoms with Gasteiger partial charge in [0.1, 0.15) is 28.0 Å². The number of methoxy groups -OCH3 is 1. The van der Waals surface area contributed by atoms with Gasteiger partial charge in [-0.15, -0.1) is 0 Å². The minimum atomic E-state index is -4.88. The molecule has 3 aromatic rings. The summed E-state index contributed by atoms with van der Waals surface area (Å²) in [6.45, 7) is 0. The minimum absolute atomic E-state index is 0.117. The van der Waals surface area contributed by atoms with Gasteiger partial charge >= 0.3 is 6.18 Å². The van der Waals surface area contributed by atoms with E-state index in [1.54, 1.807) is 0 Å². The van der Waals surface area contributed by atoms with Gasteiger partial charge in [-0.2, -0.15) is 18.3 Å². The zero-order chi connectivity index (χ0) is 22.4. The van der Waals surface area contributed by atoms with Crippen LogP contribution in [0, 0.1) is 11.6 Å². The molecule has 0 aliphatic carbocycles. The van der Waals surface area contributed by atoms with Gasteiger partial charge in [-0.05, 0) is 24.3 Å². The number of hydrogen-bond acceptors (Lipinski definition) is 4. The monoisotopic (exact) mass is 466 g/mol. The quantitative estimate of drug-likeness (QED) is 0.513. The molecule has 2 aromatic carbocycles. The number of rotatable bonds is 4. The van der Waals surface area contributed by atoms with Crippen LogP contribution in [0.3, 0.4) is 0 Å². The van der Waals surface area contributed by atoms with Crippen LogP contribution in [0.25, 0.3) is 16.9 Å². The number of alkyl halides is 3. The van der Waals surface area contributed by atoms with Crippen LogP contribution in [-0.4, -0.2) is 31.6 Å². The molecule has 0 atom stereocenters. The van der Waals surface area contributed by atoms with Crippen LogP contribution < -0.4 is 4.74 Å². The maximum Gasteiger partial charge on any atom is 0.435 e. The molecule has 0 aliphatic heterocycles. The lowest BCUT2D eigenvalue weighted by atomic mass is 10.1. The highest BCUT2D eigenvalue weighted by Crippen LogP contribution is 2.36.